The first-order valence-electron chi connectivity index (χ1n) is 9.54. The number of rotatable bonds is 2. The SMILES string of the molecule is Cc1nc([C@@H]2CCCN2C(=O)c2cccc3c4c([nH]c23)CCCC4)n[nH]1. The van der Waals surface area contributed by atoms with Gasteiger partial charge in [0.05, 0.1) is 17.1 Å². The van der Waals surface area contributed by atoms with Crippen molar-refractivity contribution in [2.24, 2.45) is 0 Å². The van der Waals surface area contributed by atoms with Crippen molar-refractivity contribution in [2.45, 2.75) is 51.5 Å². The third kappa shape index (κ3) is 2.35. The largest absolute Gasteiger partial charge is 0.358 e. The van der Waals surface area contributed by atoms with Gasteiger partial charge in [0, 0.05) is 17.6 Å². The third-order valence-corrected chi connectivity index (χ3v) is 5.79. The van der Waals surface area contributed by atoms with Gasteiger partial charge in [-0.1, -0.05) is 12.1 Å². The number of likely N-dealkylation sites (tertiary alicyclic amines) is 1. The van der Waals surface area contributed by atoms with E-state index in [1.807, 2.05) is 24.0 Å². The molecule has 2 aliphatic rings. The number of hydrogen-bond donors (Lipinski definition) is 2. The van der Waals surface area contributed by atoms with Gasteiger partial charge in [0.15, 0.2) is 5.82 Å². The Bertz CT molecular complexity index is 985. The molecule has 2 aromatic heterocycles. The van der Waals surface area contributed by atoms with Crippen molar-refractivity contribution in [1.29, 1.82) is 0 Å². The van der Waals surface area contributed by atoms with Gasteiger partial charge in [-0.25, -0.2) is 4.98 Å². The summed E-state index contributed by atoms with van der Waals surface area (Å²) in [6.45, 7) is 2.65. The number of para-hydroxylation sites is 1. The molecule has 3 aromatic rings. The number of aromatic nitrogens is 4. The van der Waals surface area contributed by atoms with Crippen molar-refractivity contribution in [3.05, 3.63) is 46.7 Å². The van der Waals surface area contributed by atoms with E-state index in [1.54, 1.807) is 0 Å². The minimum atomic E-state index is -0.0349. The molecule has 0 saturated carbocycles. The Hall–Kier alpha value is -2.63. The Kier molecular flexibility index (Phi) is 3.58. The first-order valence-corrected chi connectivity index (χ1v) is 9.54. The lowest BCUT2D eigenvalue weighted by molar-refractivity contribution is 0.0732. The number of benzene rings is 1. The average Bonchev–Trinajstić information content (AvgIpc) is 3.38. The number of fused-ring (bicyclic) bond motifs is 3. The molecule has 6 nitrogen and oxygen atoms in total. The van der Waals surface area contributed by atoms with Crippen LogP contribution in [0.1, 0.15) is 65.0 Å². The van der Waals surface area contributed by atoms with Gasteiger partial charge in [0.25, 0.3) is 5.91 Å². The van der Waals surface area contributed by atoms with E-state index in [0.29, 0.717) is 0 Å². The van der Waals surface area contributed by atoms with Gasteiger partial charge in [-0.05, 0) is 57.1 Å². The van der Waals surface area contributed by atoms with Crippen LogP contribution in [0.15, 0.2) is 18.2 Å². The Morgan fingerprint density at radius 3 is 2.96 bits per heavy atom. The molecule has 1 aromatic carbocycles. The molecule has 134 valence electrons. The van der Waals surface area contributed by atoms with E-state index >= 15 is 0 Å². The van der Waals surface area contributed by atoms with Crippen molar-refractivity contribution in [3.8, 4) is 0 Å². The van der Waals surface area contributed by atoms with Gasteiger partial charge in [-0.3, -0.25) is 9.89 Å². The van der Waals surface area contributed by atoms with E-state index in [4.69, 9.17) is 0 Å². The van der Waals surface area contributed by atoms with E-state index in [0.717, 1.165) is 55.0 Å². The van der Waals surface area contributed by atoms with Crippen molar-refractivity contribution >= 4 is 16.8 Å². The summed E-state index contributed by atoms with van der Waals surface area (Å²) in [7, 11) is 0. The van der Waals surface area contributed by atoms with Gasteiger partial charge in [-0.2, -0.15) is 5.10 Å². The molecule has 1 aliphatic heterocycles. The van der Waals surface area contributed by atoms with E-state index < -0.39 is 0 Å². The van der Waals surface area contributed by atoms with Crippen LogP contribution >= 0.6 is 0 Å². The maximum absolute atomic E-state index is 13.4. The highest BCUT2D eigenvalue weighted by Gasteiger charge is 2.34. The van der Waals surface area contributed by atoms with Crippen LogP contribution in [0, 0.1) is 6.92 Å². The monoisotopic (exact) mass is 349 g/mol. The van der Waals surface area contributed by atoms with Crippen molar-refractivity contribution in [1.82, 2.24) is 25.1 Å². The summed E-state index contributed by atoms with van der Waals surface area (Å²) in [5, 5.41) is 8.42. The van der Waals surface area contributed by atoms with E-state index in [1.165, 1.54) is 29.5 Å². The molecule has 2 N–H and O–H groups in total. The van der Waals surface area contributed by atoms with Crippen LogP contribution in [0.5, 0.6) is 0 Å². The number of amides is 1. The summed E-state index contributed by atoms with van der Waals surface area (Å²) in [6, 6.07) is 6.07. The fraction of sp³-hybridized carbons (Fsp3) is 0.450. The fourth-order valence-electron chi connectivity index (χ4n) is 4.55. The summed E-state index contributed by atoms with van der Waals surface area (Å²) in [5.74, 6) is 1.60. The molecule has 1 amide bonds. The highest BCUT2D eigenvalue weighted by molar-refractivity contribution is 6.07. The number of nitrogens with one attached hydrogen (secondary N) is 2. The van der Waals surface area contributed by atoms with Gasteiger partial charge >= 0.3 is 0 Å². The normalized spacial score (nSPS) is 19.9. The lowest BCUT2D eigenvalue weighted by Crippen LogP contribution is -2.31. The molecule has 26 heavy (non-hydrogen) atoms. The summed E-state index contributed by atoms with van der Waals surface area (Å²) in [4.78, 5) is 23.4. The second kappa shape index (κ2) is 5.97. The molecule has 6 heteroatoms. The predicted octanol–water partition coefficient (Wildman–Crippen LogP) is 3.45. The quantitative estimate of drug-likeness (QED) is 0.744. The number of hydrogen-bond acceptors (Lipinski definition) is 3. The van der Waals surface area contributed by atoms with E-state index in [-0.39, 0.29) is 11.9 Å². The van der Waals surface area contributed by atoms with Crippen LogP contribution < -0.4 is 0 Å². The van der Waals surface area contributed by atoms with E-state index in [9.17, 15) is 4.79 Å². The summed E-state index contributed by atoms with van der Waals surface area (Å²) in [5.41, 5.74) is 4.50. The number of aryl methyl sites for hydroxylation is 3. The summed E-state index contributed by atoms with van der Waals surface area (Å²) < 4.78 is 0. The zero-order chi connectivity index (χ0) is 17.7. The van der Waals surface area contributed by atoms with Crippen molar-refractivity contribution in [3.63, 3.8) is 0 Å². The zero-order valence-electron chi connectivity index (χ0n) is 15.0. The van der Waals surface area contributed by atoms with Gasteiger partial charge in [0.1, 0.15) is 5.82 Å². The molecule has 1 aliphatic carbocycles. The van der Waals surface area contributed by atoms with Crippen molar-refractivity contribution < 1.29 is 4.79 Å². The number of nitrogens with zero attached hydrogens (tertiary/aromatic N) is 3. The van der Waals surface area contributed by atoms with Crippen LogP contribution in [-0.2, 0) is 12.8 Å². The topological polar surface area (TPSA) is 77.7 Å². The lowest BCUT2D eigenvalue weighted by Gasteiger charge is -2.23. The molecule has 0 radical (unpaired) electrons. The smallest absolute Gasteiger partial charge is 0.256 e. The molecule has 1 atom stereocenters. The Balaban J connectivity index is 1.55. The zero-order valence-corrected chi connectivity index (χ0v) is 15.0. The highest BCUT2D eigenvalue weighted by Crippen LogP contribution is 2.35. The molecular weight excluding hydrogens is 326 g/mol. The summed E-state index contributed by atoms with van der Waals surface area (Å²) >= 11 is 0. The minimum Gasteiger partial charge on any atom is -0.358 e. The average molecular weight is 349 g/mol. The van der Waals surface area contributed by atoms with Crippen LogP contribution in [0.3, 0.4) is 0 Å². The Labute approximate surface area is 152 Å². The van der Waals surface area contributed by atoms with Crippen LogP contribution in [-0.4, -0.2) is 37.5 Å². The molecule has 1 saturated heterocycles. The van der Waals surface area contributed by atoms with Gasteiger partial charge in [-0.15, -0.1) is 0 Å². The highest BCUT2D eigenvalue weighted by atomic mass is 16.2. The molecule has 5 rings (SSSR count). The third-order valence-electron chi connectivity index (χ3n) is 5.79. The first-order chi connectivity index (χ1) is 12.7. The Morgan fingerprint density at radius 2 is 2.12 bits per heavy atom. The van der Waals surface area contributed by atoms with Gasteiger partial charge < -0.3 is 9.88 Å². The second-order valence-corrected chi connectivity index (χ2v) is 7.45. The van der Waals surface area contributed by atoms with Crippen LogP contribution in [0.25, 0.3) is 10.9 Å². The van der Waals surface area contributed by atoms with Crippen molar-refractivity contribution in [2.75, 3.05) is 6.54 Å². The van der Waals surface area contributed by atoms with E-state index in [2.05, 4.69) is 26.2 Å². The number of H-pyrrole nitrogens is 2. The van der Waals surface area contributed by atoms with Gasteiger partial charge in [0.2, 0.25) is 0 Å². The lowest BCUT2D eigenvalue weighted by atomic mass is 9.95. The molecule has 0 bridgehead atoms. The molecule has 0 spiro atoms. The first kappa shape index (κ1) is 15.6. The predicted molar refractivity (Wildman–Crippen MR) is 99.1 cm³/mol. The second-order valence-electron chi connectivity index (χ2n) is 7.45. The fourth-order valence-corrected chi connectivity index (χ4v) is 4.55. The number of carbonyl (C=O) groups is 1. The number of aromatic amines is 2. The maximum Gasteiger partial charge on any atom is 0.256 e. The molecule has 1 fully saturated rings. The minimum absolute atomic E-state index is 0.0349. The van der Waals surface area contributed by atoms with Crippen LogP contribution in [0.4, 0.5) is 0 Å². The molecule has 3 heterocycles. The standard InChI is InChI=1S/C20H23N5O/c1-12-21-19(24-23-12)17-10-5-11-25(17)20(26)15-8-4-7-14-13-6-2-3-9-16(13)22-18(14)15/h4,7-8,17,22H,2-3,5-6,9-11H2,1H3,(H,21,23,24)/t17-/m0/s1. The Morgan fingerprint density at radius 1 is 1.23 bits per heavy atom. The number of carbonyl (C=O) groups excluding carboxylic acids is 1. The molecular formula is C20H23N5O. The van der Waals surface area contributed by atoms with Crippen LogP contribution in [0.2, 0.25) is 0 Å². The molecule has 0 unspecified atom stereocenters. The summed E-state index contributed by atoms with van der Waals surface area (Å²) in [6.07, 6.45) is 6.55. The maximum atomic E-state index is 13.4.